The molecule has 0 bridgehead atoms. The fourth-order valence-corrected chi connectivity index (χ4v) is 4.22. The van der Waals surface area contributed by atoms with Crippen LogP contribution in [0.25, 0.3) is 16.7 Å². The first-order valence-electron chi connectivity index (χ1n) is 10.7. The first-order chi connectivity index (χ1) is 15.3. The smallest absolute Gasteiger partial charge is 0.224 e. The number of nitrogens with one attached hydrogen (secondary N) is 2. The highest BCUT2D eigenvalue weighted by atomic mass is 16.1. The molecule has 1 amide bonds. The van der Waals surface area contributed by atoms with Crippen molar-refractivity contribution >= 4 is 22.6 Å². The summed E-state index contributed by atoms with van der Waals surface area (Å²) in [7, 11) is 0. The lowest BCUT2D eigenvalue weighted by atomic mass is 9.97. The number of carbonyl (C=O) groups excluding carboxylic acids is 1. The number of imidazole rings is 1. The Labute approximate surface area is 180 Å². The molecular weight excluding hydrogens is 390 g/mol. The molecular formula is C23H25N7O. The maximum atomic E-state index is 12.8. The number of piperidine rings is 1. The maximum Gasteiger partial charge on any atom is 0.224 e. The van der Waals surface area contributed by atoms with E-state index in [0.29, 0.717) is 13.1 Å². The first-order valence-corrected chi connectivity index (χ1v) is 10.7. The number of aromatic nitrogens is 5. The average Bonchev–Trinajstić information content (AvgIpc) is 3.50. The van der Waals surface area contributed by atoms with E-state index in [9.17, 15) is 4.79 Å². The van der Waals surface area contributed by atoms with Gasteiger partial charge in [0, 0.05) is 49.1 Å². The molecule has 0 radical (unpaired) electrons. The van der Waals surface area contributed by atoms with Gasteiger partial charge in [-0.2, -0.15) is 0 Å². The van der Waals surface area contributed by atoms with Crippen molar-refractivity contribution in [2.75, 3.05) is 24.5 Å². The van der Waals surface area contributed by atoms with Crippen molar-refractivity contribution in [3.8, 4) is 5.82 Å². The lowest BCUT2D eigenvalue weighted by Gasteiger charge is -2.32. The van der Waals surface area contributed by atoms with Gasteiger partial charge in [0.1, 0.15) is 6.33 Å². The van der Waals surface area contributed by atoms with E-state index in [1.54, 1.807) is 12.5 Å². The van der Waals surface area contributed by atoms with Crippen LogP contribution in [0.3, 0.4) is 0 Å². The number of benzene rings is 1. The molecule has 1 fully saturated rings. The number of anilines is 1. The molecule has 1 atom stereocenters. The highest BCUT2D eigenvalue weighted by molar-refractivity contribution is 5.83. The summed E-state index contributed by atoms with van der Waals surface area (Å²) in [6, 6.07) is 12.1. The Hall–Kier alpha value is -3.68. The average molecular weight is 416 g/mol. The van der Waals surface area contributed by atoms with Gasteiger partial charge in [0.25, 0.3) is 0 Å². The number of aromatic amines is 1. The van der Waals surface area contributed by atoms with Crippen molar-refractivity contribution < 1.29 is 4.79 Å². The Morgan fingerprint density at radius 2 is 2.03 bits per heavy atom. The van der Waals surface area contributed by atoms with Crippen molar-refractivity contribution in [3.63, 3.8) is 0 Å². The molecule has 0 spiro atoms. The second kappa shape index (κ2) is 8.59. The lowest BCUT2D eigenvalue weighted by molar-refractivity contribution is -0.125. The molecule has 1 aliphatic rings. The molecule has 1 aliphatic heterocycles. The van der Waals surface area contributed by atoms with Crippen LogP contribution in [0.2, 0.25) is 0 Å². The van der Waals surface area contributed by atoms with Gasteiger partial charge in [-0.15, -0.1) is 10.2 Å². The van der Waals surface area contributed by atoms with Crippen molar-refractivity contribution in [3.05, 3.63) is 66.9 Å². The van der Waals surface area contributed by atoms with Crippen molar-refractivity contribution in [1.82, 2.24) is 30.0 Å². The van der Waals surface area contributed by atoms with E-state index >= 15 is 0 Å². The van der Waals surface area contributed by atoms with Crippen LogP contribution in [-0.2, 0) is 11.2 Å². The molecule has 1 aromatic carbocycles. The fraction of sp³-hybridized carbons (Fsp3) is 0.304. The Morgan fingerprint density at radius 3 is 2.87 bits per heavy atom. The summed E-state index contributed by atoms with van der Waals surface area (Å²) in [6.45, 7) is 2.19. The van der Waals surface area contributed by atoms with Crippen LogP contribution in [-0.4, -0.2) is 50.3 Å². The van der Waals surface area contributed by atoms with E-state index in [0.717, 1.165) is 43.0 Å². The number of para-hydroxylation sites is 1. The van der Waals surface area contributed by atoms with E-state index in [2.05, 4.69) is 42.5 Å². The third kappa shape index (κ3) is 4.14. The van der Waals surface area contributed by atoms with Crippen LogP contribution < -0.4 is 10.2 Å². The van der Waals surface area contributed by atoms with Crippen LogP contribution >= 0.6 is 0 Å². The molecule has 5 rings (SSSR count). The molecule has 0 unspecified atom stereocenters. The number of nitrogens with zero attached hydrogens (tertiary/aromatic N) is 5. The van der Waals surface area contributed by atoms with E-state index in [1.807, 2.05) is 41.2 Å². The van der Waals surface area contributed by atoms with Crippen LogP contribution in [0.1, 0.15) is 18.4 Å². The predicted molar refractivity (Wildman–Crippen MR) is 119 cm³/mol. The zero-order valence-electron chi connectivity index (χ0n) is 17.2. The zero-order valence-corrected chi connectivity index (χ0v) is 17.2. The summed E-state index contributed by atoms with van der Waals surface area (Å²) in [5, 5.41) is 13.0. The fourth-order valence-electron chi connectivity index (χ4n) is 4.22. The third-order valence-electron chi connectivity index (χ3n) is 5.89. The number of carbonyl (C=O) groups is 1. The van der Waals surface area contributed by atoms with Gasteiger partial charge in [0.15, 0.2) is 11.6 Å². The Morgan fingerprint density at radius 1 is 1.16 bits per heavy atom. The summed E-state index contributed by atoms with van der Waals surface area (Å²) < 4.78 is 1.82. The molecule has 2 N–H and O–H groups in total. The topological polar surface area (TPSA) is 91.7 Å². The first kappa shape index (κ1) is 19.3. The summed E-state index contributed by atoms with van der Waals surface area (Å²) in [6.07, 6.45) is 9.95. The monoisotopic (exact) mass is 415 g/mol. The van der Waals surface area contributed by atoms with E-state index in [-0.39, 0.29) is 11.8 Å². The Kier molecular flexibility index (Phi) is 5.35. The largest absolute Gasteiger partial charge is 0.361 e. The van der Waals surface area contributed by atoms with Gasteiger partial charge in [-0.05, 0) is 43.0 Å². The second-order valence-corrected chi connectivity index (χ2v) is 7.91. The molecule has 8 nitrogen and oxygen atoms in total. The number of H-pyrrole nitrogens is 1. The normalized spacial score (nSPS) is 16.5. The number of rotatable bonds is 6. The second-order valence-electron chi connectivity index (χ2n) is 7.91. The van der Waals surface area contributed by atoms with Gasteiger partial charge in [0.05, 0.1) is 5.92 Å². The molecule has 4 aromatic rings. The zero-order chi connectivity index (χ0) is 21.0. The standard InChI is InChI=1S/C23H25N7O/c31-23(25-10-9-17-14-26-20-6-2-1-5-19(17)20)18-4-3-12-29(15-18)21-7-8-22(28-27-21)30-13-11-24-16-30/h1-2,5-8,11,13-14,16,18,26H,3-4,9-10,12,15H2,(H,25,31)/t18-/m1/s1. The third-order valence-corrected chi connectivity index (χ3v) is 5.89. The SMILES string of the molecule is O=C(NCCc1c[nH]c2ccccc12)[C@@H]1CCCN(c2ccc(-n3ccnc3)nn2)C1. The summed E-state index contributed by atoms with van der Waals surface area (Å²) >= 11 is 0. The summed E-state index contributed by atoms with van der Waals surface area (Å²) in [4.78, 5) is 22.3. The van der Waals surface area contributed by atoms with E-state index in [4.69, 9.17) is 0 Å². The highest BCUT2D eigenvalue weighted by Crippen LogP contribution is 2.22. The highest BCUT2D eigenvalue weighted by Gasteiger charge is 2.26. The van der Waals surface area contributed by atoms with Crippen molar-refractivity contribution in [2.45, 2.75) is 19.3 Å². The van der Waals surface area contributed by atoms with Gasteiger partial charge < -0.3 is 15.2 Å². The van der Waals surface area contributed by atoms with E-state index < -0.39 is 0 Å². The van der Waals surface area contributed by atoms with Gasteiger partial charge in [-0.1, -0.05) is 18.2 Å². The van der Waals surface area contributed by atoms with Gasteiger partial charge in [0.2, 0.25) is 5.91 Å². The Bertz CT molecular complexity index is 1150. The molecule has 0 saturated carbocycles. The molecule has 31 heavy (non-hydrogen) atoms. The molecule has 3 aromatic heterocycles. The van der Waals surface area contributed by atoms with E-state index in [1.165, 1.54) is 10.9 Å². The minimum absolute atomic E-state index is 0.0353. The molecule has 8 heteroatoms. The van der Waals surface area contributed by atoms with Gasteiger partial charge in [-0.3, -0.25) is 9.36 Å². The van der Waals surface area contributed by atoms with Crippen LogP contribution in [0.4, 0.5) is 5.82 Å². The number of hydrogen-bond acceptors (Lipinski definition) is 5. The molecule has 158 valence electrons. The molecule has 1 saturated heterocycles. The predicted octanol–water partition coefficient (Wildman–Crippen LogP) is 2.72. The summed E-state index contributed by atoms with van der Waals surface area (Å²) in [5.41, 5.74) is 2.36. The summed E-state index contributed by atoms with van der Waals surface area (Å²) in [5.74, 6) is 1.62. The minimum Gasteiger partial charge on any atom is -0.361 e. The molecule has 0 aliphatic carbocycles. The number of amides is 1. The van der Waals surface area contributed by atoms with Crippen LogP contribution in [0.15, 0.2) is 61.3 Å². The number of hydrogen-bond donors (Lipinski definition) is 2. The number of fused-ring (bicyclic) bond motifs is 1. The van der Waals surface area contributed by atoms with Crippen molar-refractivity contribution in [2.24, 2.45) is 5.92 Å². The lowest BCUT2D eigenvalue weighted by Crippen LogP contribution is -2.43. The van der Waals surface area contributed by atoms with Gasteiger partial charge >= 0.3 is 0 Å². The van der Waals surface area contributed by atoms with Gasteiger partial charge in [-0.25, -0.2) is 4.98 Å². The Balaban J connectivity index is 1.16. The maximum absolute atomic E-state index is 12.8. The van der Waals surface area contributed by atoms with Crippen LogP contribution in [0.5, 0.6) is 0 Å². The van der Waals surface area contributed by atoms with Crippen LogP contribution in [0, 0.1) is 5.92 Å². The quantitative estimate of drug-likeness (QED) is 0.505. The molecule has 4 heterocycles. The van der Waals surface area contributed by atoms with Crippen molar-refractivity contribution in [1.29, 1.82) is 0 Å². The minimum atomic E-state index is -0.0353.